The largest absolute Gasteiger partial charge is 0.491 e. The fourth-order valence-corrected chi connectivity index (χ4v) is 6.39. The molecule has 0 atom stereocenters. The normalized spacial score (nSPS) is 24.3. The molecule has 8 nitrogen and oxygen atoms in total. The van der Waals surface area contributed by atoms with Gasteiger partial charge in [0, 0.05) is 36.9 Å². The van der Waals surface area contributed by atoms with Gasteiger partial charge in [-0.1, -0.05) is 6.07 Å². The van der Waals surface area contributed by atoms with Gasteiger partial charge in [-0.05, 0) is 80.4 Å². The number of hydrogen-bond donors (Lipinski definition) is 2. The van der Waals surface area contributed by atoms with E-state index in [4.69, 9.17) is 4.74 Å². The van der Waals surface area contributed by atoms with Crippen LogP contribution in [-0.4, -0.2) is 65.7 Å². The van der Waals surface area contributed by atoms with Crippen molar-refractivity contribution in [2.45, 2.75) is 56.4 Å². The summed E-state index contributed by atoms with van der Waals surface area (Å²) in [6.07, 6.45) is 2.93. The van der Waals surface area contributed by atoms with Crippen molar-refractivity contribution in [1.29, 1.82) is 0 Å². The highest BCUT2D eigenvalue weighted by atomic mass is 19.3. The molecular weight excluding hydrogens is 494 g/mol. The maximum Gasteiger partial charge on any atom is 0.263 e. The summed E-state index contributed by atoms with van der Waals surface area (Å²) in [4.78, 5) is 34.1. The van der Waals surface area contributed by atoms with Crippen LogP contribution in [-0.2, 0) is 21.4 Å². The van der Waals surface area contributed by atoms with Crippen LogP contribution in [0.15, 0.2) is 30.5 Å². The van der Waals surface area contributed by atoms with Gasteiger partial charge >= 0.3 is 0 Å². The van der Waals surface area contributed by atoms with E-state index in [1.807, 2.05) is 6.07 Å². The molecule has 38 heavy (non-hydrogen) atoms. The van der Waals surface area contributed by atoms with Crippen LogP contribution in [0.2, 0.25) is 0 Å². The number of piperidine rings is 1. The number of halogens is 2. The van der Waals surface area contributed by atoms with E-state index < -0.39 is 11.8 Å². The van der Waals surface area contributed by atoms with E-state index in [-0.39, 0.29) is 35.9 Å². The molecule has 1 aromatic heterocycles. The third-order valence-electron chi connectivity index (χ3n) is 8.74. The molecule has 0 radical (unpaired) electrons. The van der Waals surface area contributed by atoms with Crippen LogP contribution in [0.25, 0.3) is 0 Å². The van der Waals surface area contributed by atoms with Crippen molar-refractivity contribution in [2.24, 2.45) is 5.92 Å². The summed E-state index contributed by atoms with van der Waals surface area (Å²) in [5, 5.41) is 12.2. The molecule has 3 aliphatic heterocycles. The quantitative estimate of drug-likeness (QED) is 0.574. The van der Waals surface area contributed by atoms with Crippen LogP contribution < -0.4 is 15.0 Å². The second-order valence-corrected chi connectivity index (χ2v) is 10.9. The minimum absolute atomic E-state index is 0.0522. The van der Waals surface area contributed by atoms with Crippen molar-refractivity contribution in [3.05, 3.63) is 47.2 Å². The van der Waals surface area contributed by atoms with Gasteiger partial charge in [-0.3, -0.25) is 19.4 Å². The Morgan fingerprint density at radius 1 is 1.16 bits per heavy atom. The first-order valence-electron chi connectivity index (χ1n) is 13.4. The Hall–Kier alpha value is -3.11. The molecule has 1 aliphatic carbocycles. The molecule has 1 saturated carbocycles. The zero-order valence-corrected chi connectivity index (χ0v) is 21.2. The van der Waals surface area contributed by atoms with Gasteiger partial charge in [0.05, 0.1) is 11.6 Å². The fourth-order valence-electron chi connectivity index (χ4n) is 6.39. The van der Waals surface area contributed by atoms with Gasteiger partial charge in [-0.2, -0.15) is 0 Å². The van der Waals surface area contributed by atoms with Crippen molar-refractivity contribution in [3.63, 3.8) is 0 Å². The average molecular weight is 527 g/mol. The highest BCUT2D eigenvalue weighted by molar-refractivity contribution is 6.06. The first-order valence-corrected chi connectivity index (χ1v) is 13.4. The monoisotopic (exact) mass is 526 g/mol. The van der Waals surface area contributed by atoms with Crippen LogP contribution in [0.5, 0.6) is 5.75 Å². The Morgan fingerprint density at radius 3 is 2.68 bits per heavy atom. The highest BCUT2D eigenvalue weighted by Crippen LogP contribution is 2.46. The Kier molecular flexibility index (Phi) is 6.55. The third-order valence-corrected chi connectivity index (χ3v) is 8.74. The minimum Gasteiger partial charge on any atom is -0.491 e. The molecule has 1 spiro atoms. The lowest BCUT2D eigenvalue weighted by Gasteiger charge is -2.43. The van der Waals surface area contributed by atoms with Gasteiger partial charge < -0.3 is 15.2 Å². The summed E-state index contributed by atoms with van der Waals surface area (Å²) in [6, 6.07) is 6.53. The molecule has 202 valence electrons. The number of aromatic nitrogens is 1. The first-order chi connectivity index (χ1) is 18.4. The minimum atomic E-state index is -2.57. The van der Waals surface area contributed by atoms with Gasteiger partial charge in [0.2, 0.25) is 11.8 Å². The Labute approximate surface area is 220 Å². The number of rotatable bonds is 7. The van der Waals surface area contributed by atoms with E-state index >= 15 is 0 Å². The molecule has 4 aliphatic rings. The van der Waals surface area contributed by atoms with E-state index in [2.05, 4.69) is 15.2 Å². The van der Waals surface area contributed by atoms with Gasteiger partial charge in [0.25, 0.3) is 6.43 Å². The number of anilines is 2. The molecule has 2 N–H and O–H groups in total. The number of alkyl halides is 2. The zero-order chi connectivity index (χ0) is 26.4. The van der Waals surface area contributed by atoms with E-state index in [9.17, 15) is 23.5 Å². The van der Waals surface area contributed by atoms with Crippen molar-refractivity contribution >= 4 is 23.3 Å². The second kappa shape index (κ2) is 9.89. The van der Waals surface area contributed by atoms with E-state index in [1.54, 1.807) is 17.2 Å². The van der Waals surface area contributed by atoms with Crippen molar-refractivity contribution in [1.82, 2.24) is 9.88 Å². The third kappa shape index (κ3) is 4.33. The summed E-state index contributed by atoms with van der Waals surface area (Å²) < 4.78 is 32.6. The Balaban J connectivity index is 1.05. The number of fused-ring (bicyclic) bond motifs is 3. The number of likely N-dealkylation sites (tertiary alicyclic amines) is 1. The number of aliphatic hydroxyl groups excluding tert-OH is 1. The average Bonchev–Trinajstić information content (AvgIpc) is 3.16. The lowest BCUT2D eigenvalue weighted by molar-refractivity contribution is -0.122. The van der Waals surface area contributed by atoms with Gasteiger partial charge in [0.15, 0.2) is 0 Å². The number of nitrogens with one attached hydrogen (secondary N) is 1. The number of pyridine rings is 1. The zero-order valence-electron chi connectivity index (χ0n) is 21.2. The fraction of sp³-hybridized carbons (Fsp3) is 0.536. The van der Waals surface area contributed by atoms with E-state index in [0.29, 0.717) is 74.7 Å². The summed E-state index contributed by atoms with van der Waals surface area (Å²) in [7, 11) is 0. The predicted octanol–water partition coefficient (Wildman–Crippen LogP) is 3.43. The van der Waals surface area contributed by atoms with Crippen molar-refractivity contribution in [3.8, 4) is 5.75 Å². The molecule has 6 rings (SSSR count). The molecule has 4 heterocycles. The summed E-state index contributed by atoms with van der Waals surface area (Å²) in [6.45, 7) is 2.63. The summed E-state index contributed by atoms with van der Waals surface area (Å²) in [5.74, 6) is 1.62. The number of benzene rings is 1. The molecule has 2 amide bonds. The standard InChI is InChI=1S/C28H32F2N4O4/c29-25(30)18-1-3-23-22(14-18)28(27(37)32-23)5-7-33(8-6-28)9-10-38-21-13-19-2-4-24(36)34(26(19)31-15-21)20-11-17(12-20)16-35/h1,3,13-15,17,20,25,35H,2,4-12,16H2,(H,32,37)/t17-,20-. The Bertz CT molecular complexity index is 1240. The number of carbonyl (C=O) groups excluding carboxylic acids is 2. The van der Waals surface area contributed by atoms with Crippen LogP contribution in [0, 0.1) is 5.92 Å². The summed E-state index contributed by atoms with van der Waals surface area (Å²) in [5.41, 5.74) is 1.53. The smallest absolute Gasteiger partial charge is 0.263 e. The second-order valence-electron chi connectivity index (χ2n) is 10.9. The SMILES string of the molecule is O=C1CCc2cc(OCCN3CCC4(CC3)C(=O)Nc3ccc(C(F)F)cc34)cnc2N1[C@H]1C[C@H](CO)C1. The molecule has 1 saturated heterocycles. The molecular formula is C28H32F2N4O4. The van der Waals surface area contributed by atoms with Gasteiger partial charge in [-0.15, -0.1) is 0 Å². The van der Waals surface area contributed by atoms with E-state index in [0.717, 1.165) is 18.4 Å². The molecule has 1 aromatic carbocycles. The highest BCUT2D eigenvalue weighted by Gasteiger charge is 2.48. The number of aliphatic hydroxyl groups is 1. The molecule has 0 unspecified atom stereocenters. The van der Waals surface area contributed by atoms with Crippen molar-refractivity contribution in [2.75, 3.05) is 43.1 Å². The molecule has 10 heteroatoms. The Morgan fingerprint density at radius 2 is 1.95 bits per heavy atom. The first kappa shape index (κ1) is 25.2. The molecule has 2 fully saturated rings. The maximum atomic E-state index is 13.3. The predicted molar refractivity (Wildman–Crippen MR) is 137 cm³/mol. The number of hydrogen-bond acceptors (Lipinski definition) is 6. The van der Waals surface area contributed by atoms with Gasteiger partial charge in [0.1, 0.15) is 18.2 Å². The molecule has 2 aromatic rings. The summed E-state index contributed by atoms with van der Waals surface area (Å²) >= 11 is 0. The van der Waals surface area contributed by atoms with Gasteiger partial charge in [-0.25, -0.2) is 13.8 Å². The lowest BCUT2D eigenvalue weighted by Crippen LogP contribution is -2.51. The van der Waals surface area contributed by atoms with Crippen LogP contribution in [0.4, 0.5) is 20.3 Å². The van der Waals surface area contributed by atoms with Crippen molar-refractivity contribution < 1.29 is 28.2 Å². The number of nitrogens with zero attached hydrogens (tertiary/aromatic N) is 3. The number of amides is 2. The number of aryl methyl sites for hydroxylation is 1. The van der Waals surface area contributed by atoms with E-state index in [1.165, 1.54) is 12.1 Å². The van der Waals surface area contributed by atoms with Crippen LogP contribution in [0.1, 0.15) is 55.2 Å². The number of ether oxygens (including phenoxy) is 1. The maximum absolute atomic E-state index is 13.3. The topological polar surface area (TPSA) is 95.0 Å². The lowest BCUT2D eigenvalue weighted by atomic mass is 9.73. The van der Waals surface area contributed by atoms with Crippen LogP contribution in [0.3, 0.4) is 0 Å². The molecule has 0 bridgehead atoms. The number of carbonyl (C=O) groups is 2. The van der Waals surface area contributed by atoms with Crippen LogP contribution >= 0.6 is 0 Å².